The van der Waals surface area contributed by atoms with Gasteiger partial charge >= 0.3 is 23.9 Å². The minimum absolute atomic E-state index is 0.105. The predicted octanol–water partition coefficient (Wildman–Crippen LogP) is 4.05. The fourth-order valence-electron chi connectivity index (χ4n) is 7.51. The van der Waals surface area contributed by atoms with Crippen LogP contribution in [0.4, 0.5) is 0 Å². The van der Waals surface area contributed by atoms with E-state index < -0.39 is 70.3 Å². The first-order valence-electron chi connectivity index (χ1n) is 15.1. The highest BCUT2D eigenvalue weighted by Gasteiger charge is 2.73. The molecule has 2 aliphatic carbocycles. The van der Waals surface area contributed by atoms with Crippen LogP contribution in [0.25, 0.3) is 0 Å². The lowest BCUT2D eigenvalue weighted by Crippen LogP contribution is -2.75. The zero-order chi connectivity index (χ0) is 33.4. The summed E-state index contributed by atoms with van der Waals surface area (Å²) in [5.41, 5.74) is -3.23. The lowest BCUT2D eigenvalue weighted by atomic mass is 9.42. The summed E-state index contributed by atoms with van der Waals surface area (Å²) in [5, 5.41) is 23.3. The van der Waals surface area contributed by atoms with E-state index in [4.69, 9.17) is 18.9 Å². The second kappa shape index (κ2) is 12.3. The van der Waals surface area contributed by atoms with E-state index in [1.807, 2.05) is 19.9 Å². The van der Waals surface area contributed by atoms with Gasteiger partial charge in [-0.2, -0.15) is 0 Å². The first-order valence-corrected chi connectivity index (χ1v) is 15.1. The molecule has 0 bridgehead atoms. The molecule has 3 heterocycles. The molecule has 7 atom stereocenters. The highest BCUT2D eigenvalue weighted by Crippen LogP contribution is 2.65. The van der Waals surface area contributed by atoms with Crippen LogP contribution in [0.2, 0.25) is 0 Å². The van der Waals surface area contributed by atoms with Gasteiger partial charge in [-0.15, -0.1) is 0 Å². The molecule has 0 radical (unpaired) electrons. The number of hydrogen-bond donors (Lipinski definition) is 2. The monoisotopic (exact) mass is 634 g/mol. The van der Waals surface area contributed by atoms with E-state index in [2.05, 4.69) is 9.97 Å². The van der Waals surface area contributed by atoms with Gasteiger partial charge in [0.05, 0.1) is 11.1 Å². The molecule has 1 aliphatic heterocycles. The zero-order valence-corrected chi connectivity index (χ0v) is 26.4. The third-order valence-corrected chi connectivity index (χ3v) is 10.3. The molecule has 244 valence electrons. The Morgan fingerprint density at radius 1 is 1.02 bits per heavy atom. The fraction of sp³-hybridized carbons (Fsp3) is 0.471. The van der Waals surface area contributed by atoms with Crippen molar-refractivity contribution in [3.63, 3.8) is 0 Å². The molecular formula is C34H38N2O10. The van der Waals surface area contributed by atoms with E-state index in [9.17, 15) is 29.4 Å². The molecule has 0 amide bonds. The maximum Gasteiger partial charge on any atom is 0.373 e. The SMILES string of the molecule is CC(=O)OC(CC1=C(O)C(=O)OC1)[C@]1(C)C2CCC=C(C)[C@]2(C)C(OC(=O)c2cccnc2)C(OC(=O)c2cccnc2)[C@]1(C)O. The molecule has 5 rings (SSSR count). The topological polar surface area (TPSA) is 171 Å². The van der Waals surface area contributed by atoms with Gasteiger partial charge in [0.15, 0.2) is 12.2 Å². The summed E-state index contributed by atoms with van der Waals surface area (Å²) in [7, 11) is 0. The van der Waals surface area contributed by atoms with E-state index in [-0.39, 0.29) is 29.7 Å². The second-order valence-electron chi connectivity index (χ2n) is 12.7. The Labute approximate surface area is 266 Å². The van der Waals surface area contributed by atoms with Crippen molar-refractivity contribution >= 4 is 23.9 Å². The molecule has 1 saturated carbocycles. The number of nitrogens with zero attached hydrogens (tertiary/aromatic N) is 2. The van der Waals surface area contributed by atoms with Crippen LogP contribution in [0.3, 0.4) is 0 Å². The van der Waals surface area contributed by atoms with Gasteiger partial charge < -0.3 is 29.2 Å². The number of carbonyl (C=O) groups excluding carboxylic acids is 4. The Kier molecular flexibility index (Phi) is 8.78. The van der Waals surface area contributed by atoms with Crippen molar-refractivity contribution in [2.75, 3.05) is 6.61 Å². The van der Waals surface area contributed by atoms with Crippen molar-refractivity contribution in [3.8, 4) is 0 Å². The number of aromatic nitrogens is 2. The maximum atomic E-state index is 13.6. The number of aliphatic hydroxyl groups excluding tert-OH is 1. The standard InChI is InChI=1S/C34H38N2O10/c1-19-9-6-12-24-32(19,3)27(45-29(39)21-10-7-13-35-16-21)28(46-30(40)22-11-8-14-36-17-22)34(5,42)33(24,4)25(44-20(2)37)15-23-18-43-31(41)26(23)38/h7-11,13-14,16-17,24-25,27-28,38,42H,6,12,15,18H2,1-5H3/t24?,25?,27?,28?,32-,33-,34-/m0/s1. The summed E-state index contributed by atoms with van der Waals surface area (Å²) in [5.74, 6) is -4.23. The second-order valence-corrected chi connectivity index (χ2v) is 12.7. The largest absolute Gasteiger partial charge is 0.502 e. The van der Waals surface area contributed by atoms with Crippen molar-refractivity contribution in [3.05, 3.63) is 83.2 Å². The number of ether oxygens (including phenoxy) is 4. The number of aliphatic hydroxyl groups is 2. The third-order valence-electron chi connectivity index (χ3n) is 10.3. The molecule has 46 heavy (non-hydrogen) atoms. The molecule has 1 fully saturated rings. The Morgan fingerprint density at radius 3 is 2.11 bits per heavy atom. The van der Waals surface area contributed by atoms with Crippen LogP contribution >= 0.6 is 0 Å². The van der Waals surface area contributed by atoms with E-state index in [1.165, 1.54) is 44.7 Å². The predicted molar refractivity (Wildman–Crippen MR) is 161 cm³/mol. The van der Waals surface area contributed by atoms with Gasteiger partial charge in [0, 0.05) is 54.5 Å². The number of hydrogen-bond acceptors (Lipinski definition) is 12. The minimum Gasteiger partial charge on any atom is -0.502 e. The number of carbonyl (C=O) groups is 4. The number of pyridine rings is 2. The lowest BCUT2D eigenvalue weighted by molar-refractivity contribution is -0.290. The summed E-state index contributed by atoms with van der Waals surface area (Å²) < 4.78 is 23.3. The van der Waals surface area contributed by atoms with Crippen molar-refractivity contribution < 1.29 is 48.3 Å². The molecule has 3 aliphatic rings. The number of rotatable bonds is 8. The van der Waals surface area contributed by atoms with E-state index >= 15 is 0 Å². The number of cyclic esters (lactones) is 1. The summed E-state index contributed by atoms with van der Waals surface area (Å²) in [6, 6.07) is 6.20. The highest BCUT2D eigenvalue weighted by molar-refractivity contribution is 5.90. The molecule has 0 spiro atoms. The maximum absolute atomic E-state index is 13.6. The van der Waals surface area contributed by atoms with Crippen LogP contribution in [0.15, 0.2) is 72.0 Å². The van der Waals surface area contributed by atoms with Crippen LogP contribution in [-0.4, -0.2) is 74.6 Å². The molecule has 2 aromatic rings. The van der Waals surface area contributed by atoms with Gasteiger partial charge in [0.2, 0.25) is 5.76 Å². The highest BCUT2D eigenvalue weighted by atomic mass is 16.6. The fourth-order valence-corrected chi connectivity index (χ4v) is 7.51. The lowest BCUT2D eigenvalue weighted by Gasteiger charge is -2.66. The number of fused-ring (bicyclic) bond motifs is 1. The first kappa shape index (κ1) is 32.8. The average Bonchev–Trinajstić information content (AvgIpc) is 3.35. The van der Waals surface area contributed by atoms with E-state index in [1.54, 1.807) is 25.1 Å². The van der Waals surface area contributed by atoms with Gasteiger partial charge in [-0.05, 0) is 56.9 Å². The Hall–Kier alpha value is -4.58. The van der Waals surface area contributed by atoms with Crippen molar-refractivity contribution in [2.24, 2.45) is 16.7 Å². The normalized spacial score (nSPS) is 31.2. The van der Waals surface area contributed by atoms with Crippen LogP contribution in [0, 0.1) is 16.7 Å². The Bertz CT molecular complexity index is 1590. The average molecular weight is 635 g/mol. The molecule has 0 saturated heterocycles. The van der Waals surface area contributed by atoms with Gasteiger partial charge in [-0.25, -0.2) is 14.4 Å². The molecular weight excluding hydrogens is 596 g/mol. The molecule has 4 unspecified atom stereocenters. The van der Waals surface area contributed by atoms with Crippen molar-refractivity contribution in [2.45, 2.75) is 77.8 Å². The van der Waals surface area contributed by atoms with Crippen LogP contribution < -0.4 is 0 Å². The summed E-state index contributed by atoms with van der Waals surface area (Å²) in [4.78, 5) is 60.0. The van der Waals surface area contributed by atoms with Crippen LogP contribution in [-0.2, 0) is 28.5 Å². The summed E-state index contributed by atoms with van der Waals surface area (Å²) in [6.45, 7) is 7.98. The van der Waals surface area contributed by atoms with Crippen LogP contribution in [0.1, 0.15) is 74.6 Å². The number of esters is 4. The molecule has 12 heteroatoms. The molecule has 12 nitrogen and oxygen atoms in total. The molecule has 2 N–H and O–H groups in total. The zero-order valence-electron chi connectivity index (χ0n) is 26.4. The first-order chi connectivity index (χ1) is 21.7. The minimum atomic E-state index is -2.04. The summed E-state index contributed by atoms with van der Waals surface area (Å²) in [6.07, 6.45) is 4.77. The van der Waals surface area contributed by atoms with Gasteiger partial charge in [0.1, 0.15) is 18.3 Å². The molecule has 0 aromatic carbocycles. The molecule has 2 aromatic heterocycles. The number of allylic oxidation sites excluding steroid dienone is 1. The van der Waals surface area contributed by atoms with Gasteiger partial charge in [-0.3, -0.25) is 14.8 Å². The summed E-state index contributed by atoms with van der Waals surface area (Å²) >= 11 is 0. The van der Waals surface area contributed by atoms with Crippen LogP contribution in [0.5, 0.6) is 0 Å². The quantitative estimate of drug-likeness (QED) is 0.243. The van der Waals surface area contributed by atoms with Crippen molar-refractivity contribution in [1.82, 2.24) is 9.97 Å². The van der Waals surface area contributed by atoms with E-state index in [0.29, 0.717) is 12.8 Å². The smallest absolute Gasteiger partial charge is 0.373 e. The third kappa shape index (κ3) is 5.44. The Balaban J connectivity index is 1.70. The van der Waals surface area contributed by atoms with Gasteiger partial charge in [0.25, 0.3) is 0 Å². The Morgan fingerprint density at radius 2 is 1.61 bits per heavy atom. The van der Waals surface area contributed by atoms with Gasteiger partial charge in [-0.1, -0.05) is 25.5 Å². The van der Waals surface area contributed by atoms with Crippen molar-refractivity contribution in [1.29, 1.82) is 0 Å². The van der Waals surface area contributed by atoms with E-state index in [0.717, 1.165) is 5.57 Å².